The Kier molecular flexibility index (Phi) is 12.3. The SMILES string of the molecule is CCCC(F)(CC)C(=O)NSc1ccc(NC(CCN(C)C)CSc2ccc(F)cc2)c([NH2+]O)c1. The molecule has 0 saturated heterocycles. The molecule has 0 aliphatic carbocycles. The smallest absolute Gasteiger partial charge is 0.267 e. The summed E-state index contributed by atoms with van der Waals surface area (Å²) in [6.45, 7) is 4.39. The fourth-order valence-electron chi connectivity index (χ4n) is 3.45. The van der Waals surface area contributed by atoms with Crippen LogP contribution in [-0.2, 0) is 4.79 Å². The second-order valence-electron chi connectivity index (χ2n) is 8.68. The van der Waals surface area contributed by atoms with Crippen molar-refractivity contribution in [2.45, 2.75) is 61.0 Å². The van der Waals surface area contributed by atoms with Gasteiger partial charge in [0.15, 0.2) is 11.4 Å². The first-order valence-electron chi connectivity index (χ1n) is 11.8. The van der Waals surface area contributed by atoms with Crippen LogP contribution in [0.3, 0.4) is 0 Å². The number of hydrogen-bond donors (Lipinski definition) is 4. The summed E-state index contributed by atoms with van der Waals surface area (Å²) in [5.74, 6) is -0.138. The van der Waals surface area contributed by atoms with E-state index >= 15 is 0 Å². The molecule has 2 atom stereocenters. The zero-order valence-corrected chi connectivity index (χ0v) is 22.4. The van der Waals surface area contributed by atoms with Crippen LogP contribution in [0.15, 0.2) is 52.3 Å². The Morgan fingerprint density at radius 3 is 2.46 bits per heavy atom. The van der Waals surface area contributed by atoms with Crippen LogP contribution in [0.25, 0.3) is 0 Å². The third kappa shape index (κ3) is 9.61. The van der Waals surface area contributed by atoms with Gasteiger partial charge in [0.1, 0.15) is 5.82 Å². The number of nitrogens with two attached hydrogens (primary N) is 1. The van der Waals surface area contributed by atoms with Crippen LogP contribution in [0, 0.1) is 5.82 Å². The molecule has 0 aliphatic rings. The van der Waals surface area contributed by atoms with Crippen molar-refractivity contribution < 1.29 is 24.3 Å². The topological polar surface area (TPSA) is 81.2 Å². The molecule has 2 aromatic rings. The number of carbonyl (C=O) groups is 1. The highest BCUT2D eigenvalue weighted by Gasteiger charge is 2.35. The van der Waals surface area contributed by atoms with Gasteiger partial charge in [-0.05, 0) is 88.2 Å². The van der Waals surface area contributed by atoms with Crippen molar-refractivity contribution >= 4 is 41.0 Å². The van der Waals surface area contributed by atoms with E-state index in [1.807, 2.05) is 33.2 Å². The number of nitrogens with one attached hydrogen (secondary N) is 2. The molecule has 1 amide bonds. The van der Waals surface area contributed by atoms with Crippen LogP contribution in [0.5, 0.6) is 0 Å². The lowest BCUT2D eigenvalue weighted by atomic mass is 9.97. The summed E-state index contributed by atoms with van der Waals surface area (Å²) in [4.78, 5) is 16.1. The molecular formula is C25H37F2N4O2S2+. The number of thioether (sulfide) groups is 1. The number of amides is 1. The number of benzene rings is 2. The van der Waals surface area contributed by atoms with E-state index in [1.54, 1.807) is 36.9 Å². The van der Waals surface area contributed by atoms with Gasteiger partial charge in [-0.25, -0.2) is 14.0 Å². The number of anilines is 1. The van der Waals surface area contributed by atoms with Crippen LogP contribution in [0.4, 0.5) is 20.2 Å². The van der Waals surface area contributed by atoms with Crippen molar-refractivity contribution in [3.63, 3.8) is 0 Å². The van der Waals surface area contributed by atoms with E-state index in [-0.39, 0.29) is 24.7 Å². The highest BCUT2D eigenvalue weighted by atomic mass is 32.2. The summed E-state index contributed by atoms with van der Waals surface area (Å²) in [5.41, 5.74) is 0.469. The molecule has 10 heteroatoms. The molecule has 0 aliphatic heterocycles. The highest BCUT2D eigenvalue weighted by molar-refractivity contribution is 7.99. The van der Waals surface area contributed by atoms with Gasteiger partial charge in [0.05, 0.1) is 5.69 Å². The molecule has 0 radical (unpaired) electrons. The summed E-state index contributed by atoms with van der Waals surface area (Å²) in [7, 11) is 4.03. The van der Waals surface area contributed by atoms with Gasteiger partial charge in [0, 0.05) is 27.7 Å². The first-order valence-corrected chi connectivity index (χ1v) is 13.6. The van der Waals surface area contributed by atoms with Crippen LogP contribution < -0.4 is 15.5 Å². The van der Waals surface area contributed by atoms with Gasteiger partial charge in [-0.1, -0.05) is 20.3 Å². The Bertz CT molecular complexity index is 934. The number of hydrogen-bond acceptors (Lipinski definition) is 6. The number of quaternary nitrogens is 1. The Balaban J connectivity index is 2.07. The maximum atomic E-state index is 14.8. The molecule has 2 aromatic carbocycles. The molecule has 2 unspecified atom stereocenters. The molecule has 0 heterocycles. The Morgan fingerprint density at radius 1 is 1.17 bits per heavy atom. The predicted molar refractivity (Wildman–Crippen MR) is 141 cm³/mol. The maximum Gasteiger partial charge on any atom is 0.267 e. The van der Waals surface area contributed by atoms with Gasteiger partial charge in [0.2, 0.25) is 0 Å². The number of halogens is 2. The monoisotopic (exact) mass is 527 g/mol. The van der Waals surface area contributed by atoms with Gasteiger partial charge in [0.25, 0.3) is 5.91 Å². The summed E-state index contributed by atoms with van der Waals surface area (Å²) < 4.78 is 30.6. The molecule has 0 fully saturated rings. The van der Waals surface area contributed by atoms with Gasteiger partial charge in [-0.3, -0.25) is 9.52 Å². The van der Waals surface area contributed by atoms with E-state index in [0.717, 1.165) is 46.7 Å². The van der Waals surface area contributed by atoms with E-state index in [0.29, 0.717) is 17.0 Å². The fourth-order valence-corrected chi connectivity index (χ4v) is 5.13. The first-order chi connectivity index (χ1) is 16.7. The molecular weight excluding hydrogens is 490 g/mol. The predicted octanol–water partition coefficient (Wildman–Crippen LogP) is 4.98. The van der Waals surface area contributed by atoms with E-state index in [1.165, 1.54) is 12.1 Å². The summed E-state index contributed by atoms with van der Waals surface area (Å²) >= 11 is 2.67. The average Bonchev–Trinajstić information content (AvgIpc) is 2.85. The van der Waals surface area contributed by atoms with E-state index in [4.69, 9.17) is 0 Å². The quantitative estimate of drug-likeness (QED) is 0.113. The average molecular weight is 528 g/mol. The number of rotatable bonds is 15. The van der Waals surface area contributed by atoms with Crippen LogP contribution >= 0.6 is 23.7 Å². The van der Waals surface area contributed by atoms with Gasteiger partial charge in [-0.2, -0.15) is 5.48 Å². The largest absolute Gasteiger partial charge is 0.377 e. The number of nitrogens with zero attached hydrogens (tertiary/aromatic N) is 1. The van der Waals surface area contributed by atoms with Crippen molar-refractivity contribution in [2.24, 2.45) is 0 Å². The number of carbonyl (C=O) groups excluding carboxylic acids is 1. The third-order valence-electron chi connectivity index (χ3n) is 5.59. The zero-order valence-electron chi connectivity index (χ0n) is 20.8. The van der Waals surface area contributed by atoms with Crippen LogP contribution in [-0.4, -0.2) is 54.1 Å². The van der Waals surface area contributed by atoms with Gasteiger partial charge < -0.3 is 10.2 Å². The lowest BCUT2D eigenvalue weighted by Crippen LogP contribution is -2.74. The van der Waals surface area contributed by atoms with Crippen molar-refractivity contribution in [1.82, 2.24) is 9.62 Å². The highest BCUT2D eigenvalue weighted by Crippen LogP contribution is 2.29. The van der Waals surface area contributed by atoms with Crippen LogP contribution in [0.2, 0.25) is 0 Å². The molecule has 0 aromatic heterocycles. The Morgan fingerprint density at radius 2 is 1.86 bits per heavy atom. The first kappa shape index (κ1) is 29.4. The number of alkyl halides is 1. The molecule has 35 heavy (non-hydrogen) atoms. The second-order valence-corrected chi connectivity index (χ2v) is 10.7. The molecule has 0 spiro atoms. The third-order valence-corrected chi connectivity index (χ3v) is 7.54. The Hall–Kier alpha value is -1.85. The minimum absolute atomic E-state index is 0.0927. The Labute approximate surface area is 215 Å². The molecule has 0 bridgehead atoms. The lowest BCUT2D eigenvalue weighted by molar-refractivity contribution is -0.825. The fraction of sp³-hybridized carbons (Fsp3) is 0.480. The van der Waals surface area contributed by atoms with Crippen LogP contribution in [0.1, 0.15) is 39.5 Å². The summed E-state index contributed by atoms with van der Waals surface area (Å²) in [6, 6.07) is 11.9. The zero-order chi connectivity index (χ0) is 25.8. The maximum absolute atomic E-state index is 14.8. The molecule has 6 nitrogen and oxygen atoms in total. The second kappa shape index (κ2) is 14.6. The van der Waals surface area contributed by atoms with Gasteiger partial charge in [-0.15, -0.1) is 11.8 Å². The summed E-state index contributed by atoms with van der Waals surface area (Å²) in [6.07, 6.45) is 1.75. The van der Waals surface area contributed by atoms with Gasteiger partial charge >= 0.3 is 0 Å². The van der Waals surface area contributed by atoms with Crippen molar-refractivity contribution in [3.8, 4) is 0 Å². The minimum atomic E-state index is -1.88. The molecule has 194 valence electrons. The molecule has 2 rings (SSSR count). The molecule has 5 N–H and O–H groups in total. The van der Waals surface area contributed by atoms with E-state index in [9.17, 15) is 18.8 Å². The normalized spacial score (nSPS) is 13.9. The van der Waals surface area contributed by atoms with E-state index in [2.05, 4.69) is 14.9 Å². The van der Waals surface area contributed by atoms with Crippen molar-refractivity contribution in [2.75, 3.05) is 31.7 Å². The standard InChI is InChI=1S/C25H36F2N4O2S2/c1-5-14-25(27,6-2)24(32)30-35-21-11-12-22(23(16-21)29-33)28-19(13-15-31(3)4)17-34-20-9-7-18(26)8-10-20/h7-12,16,19,28-29,33H,5-6,13-15,17H2,1-4H3,(H,30,32)/p+1. The summed E-state index contributed by atoms with van der Waals surface area (Å²) in [5, 5.41) is 13.4. The molecule has 0 saturated carbocycles. The lowest BCUT2D eigenvalue weighted by Gasteiger charge is -2.23. The van der Waals surface area contributed by atoms with E-state index < -0.39 is 11.6 Å². The van der Waals surface area contributed by atoms with Crippen molar-refractivity contribution in [1.29, 1.82) is 0 Å². The van der Waals surface area contributed by atoms with Crippen molar-refractivity contribution in [3.05, 3.63) is 48.3 Å². The minimum Gasteiger partial charge on any atom is -0.377 e.